The first-order valence-electron chi connectivity index (χ1n) is 5.68. The molecule has 2 rings (SSSR count). The van der Waals surface area contributed by atoms with E-state index in [1.807, 2.05) is 0 Å². The van der Waals surface area contributed by atoms with Crippen LogP contribution in [0.3, 0.4) is 0 Å². The molecule has 0 aliphatic carbocycles. The maximum atomic E-state index is 4.08. The summed E-state index contributed by atoms with van der Waals surface area (Å²) in [6.07, 6.45) is 3.36. The van der Waals surface area contributed by atoms with Crippen molar-refractivity contribution in [3.05, 3.63) is 22.8 Å². The highest BCUT2D eigenvalue weighted by Crippen LogP contribution is 2.21. The Hall–Kier alpha value is -1.02. The minimum absolute atomic E-state index is 0.593. The van der Waals surface area contributed by atoms with Gasteiger partial charge < -0.3 is 4.57 Å². The highest BCUT2D eigenvalue weighted by Gasteiger charge is 2.25. The molecule has 82 valence electrons. The molecule has 0 aromatic carbocycles. The monoisotopic (exact) mass is 204 g/mol. The van der Waals surface area contributed by atoms with Gasteiger partial charge in [-0.25, -0.2) is 0 Å². The van der Waals surface area contributed by atoms with E-state index in [0.29, 0.717) is 12.1 Å². The molecule has 0 bridgehead atoms. The molecule has 1 aliphatic rings. The third-order valence-corrected chi connectivity index (χ3v) is 3.44. The van der Waals surface area contributed by atoms with Gasteiger partial charge in [0.2, 0.25) is 0 Å². The van der Waals surface area contributed by atoms with Crippen LogP contribution in [0.5, 0.6) is 0 Å². The van der Waals surface area contributed by atoms with Crippen LogP contribution in [0.4, 0.5) is 0 Å². The molecule has 0 radical (unpaired) electrons. The van der Waals surface area contributed by atoms with Crippen molar-refractivity contribution in [2.75, 3.05) is 13.1 Å². The minimum atomic E-state index is 0.593. The van der Waals surface area contributed by atoms with Gasteiger partial charge in [-0.15, -0.1) is 0 Å². The topological polar surface area (TPSA) is 8.17 Å². The van der Waals surface area contributed by atoms with Gasteiger partial charge in [-0.3, -0.25) is 4.90 Å². The summed E-state index contributed by atoms with van der Waals surface area (Å²) in [5, 5.41) is 2.13. The lowest BCUT2D eigenvalue weighted by molar-refractivity contribution is 0.265. The average molecular weight is 204 g/mol. The molecule has 0 saturated carbocycles. The van der Waals surface area contributed by atoms with Gasteiger partial charge in [-0.1, -0.05) is 13.2 Å². The minimum Gasteiger partial charge on any atom is -0.344 e. The second-order valence-corrected chi connectivity index (χ2v) is 4.73. The van der Waals surface area contributed by atoms with Gasteiger partial charge in [0, 0.05) is 36.7 Å². The molecule has 1 saturated heterocycles. The SMILES string of the molecule is C=c1ccn(C2CCN(C(C)C)C2)c1=C. The molecular formula is C13H20N2. The van der Waals surface area contributed by atoms with Crippen molar-refractivity contribution in [2.24, 2.45) is 0 Å². The summed E-state index contributed by atoms with van der Waals surface area (Å²) in [6, 6.07) is 3.30. The Balaban J connectivity index is 2.18. The summed E-state index contributed by atoms with van der Waals surface area (Å²) in [7, 11) is 0. The normalized spacial score (nSPS) is 22.7. The summed E-state index contributed by atoms with van der Waals surface area (Å²) < 4.78 is 2.28. The van der Waals surface area contributed by atoms with E-state index >= 15 is 0 Å². The van der Waals surface area contributed by atoms with E-state index in [1.165, 1.54) is 13.0 Å². The summed E-state index contributed by atoms with van der Waals surface area (Å²) in [6.45, 7) is 14.9. The molecule has 1 atom stereocenters. The number of rotatable bonds is 2. The van der Waals surface area contributed by atoms with E-state index in [4.69, 9.17) is 0 Å². The standard InChI is InChI=1S/C13H20N2/c1-10(2)14-7-6-13(9-14)15-8-5-11(3)12(15)4/h5,8,10,13H,3-4,6-7,9H2,1-2H3. The largest absolute Gasteiger partial charge is 0.344 e. The van der Waals surface area contributed by atoms with Crippen molar-refractivity contribution >= 4 is 13.2 Å². The van der Waals surface area contributed by atoms with E-state index in [0.717, 1.165) is 17.1 Å². The molecule has 1 aliphatic heterocycles. The summed E-state index contributed by atoms with van der Waals surface area (Å²) >= 11 is 0. The van der Waals surface area contributed by atoms with Gasteiger partial charge >= 0.3 is 0 Å². The fourth-order valence-corrected chi connectivity index (χ4v) is 2.33. The fourth-order valence-electron chi connectivity index (χ4n) is 2.33. The lowest BCUT2D eigenvalue weighted by atomic mass is 10.2. The molecule has 2 heterocycles. The maximum Gasteiger partial charge on any atom is 0.0475 e. The Morgan fingerprint density at radius 3 is 2.60 bits per heavy atom. The first kappa shape index (κ1) is 10.5. The number of likely N-dealkylation sites (tertiary alicyclic amines) is 1. The average Bonchev–Trinajstić information content (AvgIpc) is 2.76. The van der Waals surface area contributed by atoms with Crippen LogP contribution in [0, 0.1) is 0 Å². The van der Waals surface area contributed by atoms with Gasteiger partial charge in [0.1, 0.15) is 0 Å². The van der Waals surface area contributed by atoms with Crippen molar-refractivity contribution in [1.82, 2.24) is 9.47 Å². The van der Waals surface area contributed by atoms with Crippen LogP contribution in [0.2, 0.25) is 0 Å². The molecule has 1 fully saturated rings. The third kappa shape index (κ3) is 1.86. The first-order chi connectivity index (χ1) is 7.09. The van der Waals surface area contributed by atoms with E-state index in [9.17, 15) is 0 Å². The van der Waals surface area contributed by atoms with Gasteiger partial charge in [-0.05, 0) is 31.6 Å². The molecule has 0 amide bonds. The molecule has 15 heavy (non-hydrogen) atoms. The summed E-state index contributed by atoms with van der Waals surface area (Å²) in [5.74, 6) is 0. The van der Waals surface area contributed by atoms with Crippen LogP contribution in [0.15, 0.2) is 12.3 Å². The summed E-state index contributed by atoms with van der Waals surface area (Å²) in [5.41, 5.74) is 0. The fraction of sp³-hybridized carbons (Fsp3) is 0.538. The van der Waals surface area contributed by atoms with Gasteiger partial charge in [0.15, 0.2) is 0 Å². The van der Waals surface area contributed by atoms with Crippen LogP contribution in [0.1, 0.15) is 26.3 Å². The Morgan fingerprint density at radius 1 is 1.40 bits per heavy atom. The van der Waals surface area contributed by atoms with Crippen molar-refractivity contribution in [1.29, 1.82) is 0 Å². The number of nitrogens with zero attached hydrogens (tertiary/aromatic N) is 2. The summed E-state index contributed by atoms with van der Waals surface area (Å²) in [4.78, 5) is 2.52. The molecule has 0 spiro atoms. The molecule has 1 aromatic heterocycles. The van der Waals surface area contributed by atoms with E-state index < -0.39 is 0 Å². The second-order valence-electron chi connectivity index (χ2n) is 4.73. The van der Waals surface area contributed by atoms with Crippen molar-refractivity contribution in [3.63, 3.8) is 0 Å². The third-order valence-electron chi connectivity index (χ3n) is 3.44. The number of aromatic nitrogens is 1. The van der Waals surface area contributed by atoms with Crippen LogP contribution in [0.25, 0.3) is 13.2 Å². The lowest BCUT2D eigenvalue weighted by Gasteiger charge is -2.20. The van der Waals surface area contributed by atoms with Gasteiger partial charge in [-0.2, -0.15) is 0 Å². The predicted octanol–water partition coefficient (Wildman–Crippen LogP) is 0.964. The highest BCUT2D eigenvalue weighted by atomic mass is 15.2. The second kappa shape index (κ2) is 3.86. The molecule has 1 unspecified atom stereocenters. The lowest BCUT2D eigenvalue weighted by Crippen LogP contribution is -2.32. The van der Waals surface area contributed by atoms with Gasteiger partial charge in [0.05, 0.1) is 0 Å². The van der Waals surface area contributed by atoms with Gasteiger partial charge in [0.25, 0.3) is 0 Å². The van der Waals surface area contributed by atoms with Crippen LogP contribution >= 0.6 is 0 Å². The quantitative estimate of drug-likeness (QED) is 0.697. The molecular weight excluding hydrogens is 184 g/mol. The van der Waals surface area contributed by atoms with E-state index in [-0.39, 0.29) is 0 Å². The van der Waals surface area contributed by atoms with Crippen molar-refractivity contribution < 1.29 is 0 Å². The molecule has 2 heteroatoms. The smallest absolute Gasteiger partial charge is 0.0475 e. The van der Waals surface area contributed by atoms with E-state index in [2.05, 4.69) is 48.7 Å². The van der Waals surface area contributed by atoms with Crippen molar-refractivity contribution in [2.45, 2.75) is 32.4 Å². The zero-order chi connectivity index (χ0) is 11.0. The Labute approximate surface area is 91.5 Å². The number of hydrogen-bond donors (Lipinski definition) is 0. The Kier molecular flexibility index (Phi) is 2.70. The Morgan fingerprint density at radius 2 is 2.13 bits per heavy atom. The van der Waals surface area contributed by atoms with Crippen LogP contribution in [-0.2, 0) is 0 Å². The zero-order valence-corrected chi connectivity index (χ0v) is 9.74. The molecule has 1 aromatic rings. The Bertz CT molecular complexity index is 430. The van der Waals surface area contributed by atoms with Crippen molar-refractivity contribution in [3.8, 4) is 0 Å². The first-order valence-corrected chi connectivity index (χ1v) is 5.68. The molecule has 0 N–H and O–H groups in total. The maximum absolute atomic E-state index is 4.08. The van der Waals surface area contributed by atoms with Crippen LogP contribution < -0.4 is 10.6 Å². The zero-order valence-electron chi connectivity index (χ0n) is 9.74. The number of hydrogen-bond acceptors (Lipinski definition) is 1. The predicted molar refractivity (Wildman–Crippen MR) is 65.1 cm³/mol. The molecule has 2 nitrogen and oxygen atoms in total. The van der Waals surface area contributed by atoms with Crippen LogP contribution in [-0.4, -0.2) is 28.6 Å². The van der Waals surface area contributed by atoms with E-state index in [1.54, 1.807) is 0 Å². The highest BCUT2D eigenvalue weighted by molar-refractivity contribution is 5.12.